The van der Waals surface area contributed by atoms with Gasteiger partial charge in [0.15, 0.2) is 6.61 Å². The lowest BCUT2D eigenvalue weighted by Gasteiger charge is -2.08. The van der Waals surface area contributed by atoms with Crippen LogP contribution in [-0.2, 0) is 11.2 Å². The third kappa shape index (κ3) is 5.18. The van der Waals surface area contributed by atoms with Crippen molar-refractivity contribution in [2.45, 2.75) is 13.3 Å². The van der Waals surface area contributed by atoms with Gasteiger partial charge in [-0.3, -0.25) is 4.79 Å². The van der Waals surface area contributed by atoms with Crippen LogP contribution in [0.25, 0.3) is 0 Å². The van der Waals surface area contributed by atoms with Crippen LogP contribution in [0.1, 0.15) is 11.1 Å². The van der Waals surface area contributed by atoms with E-state index in [-0.39, 0.29) is 18.3 Å². The molecule has 0 aliphatic carbocycles. The van der Waals surface area contributed by atoms with Gasteiger partial charge in [0.05, 0.1) is 0 Å². The van der Waals surface area contributed by atoms with Gasteiger partial charge in [0.1, 0.15) is 11.5 Å². The molecule has 0 aromatic heterocycles. The molecule has 4 heteroatoms. The van der Waals surface area contributed by atoms with Crippen molar-refractivity contribution in [3.63, 3.8) is 0 Å². The molecule has 0 spiro atoms. The number of ether oxygens (including phenoxy) is 1. The summed E-state index contributed by atoms with van der Waals surface area (Å²) in [6.45, 7) is 2.49. The summed E-state index contributed by atoms with van der Waals surface area (Å²) in [5.41, 5.74) is 2.08. The van der Waals surface area contributed by atoms with Crippen LogP contribution in [0.2, 0.25) is 0 Å². The highest BCUT2D eigenvalue weighted by molar-refractivity contribution is 5.77. The van der Waals surface area contributed by atoms with E-state index < -0.39 is 0 Å². The van der Waals surface area contributed by atoms with Crippen molar-refractivity contribution < 1.29 is 14.6 Å². The van der Waals surface area contributed by atoms with Gasteiger partial charge in [-0.2, -0.15) is 0 Å². The van der Waals surface area contributed by atoms with Crippen molar-refractivity contribution in [2.75, 3.05) is 13.2 Å². The van der Waals surface area contributed by atoms with Gasteiger partial charge in [0, 0.05) is 6.54 Å². The second kappa shape index (κ2) is 7.33. The number of nitrogens with one attached hydrogen (secondary N) is 1. The lowest BCUT2D eigenvalue weighted by atomic mass is 10.1. The van der Waals surface area contributed by atoms with E-state index in [0.29, 0.717) is 18.7 Å². The van der Waals surface area contributed by atoms with Crippen molar-refractivity contribution in [3.8, 4) is 11.5 Å². The highest BCUT2D eigenvalue weighted by atomic mass is 16.5. The number of benzene rings is 2. The number of phenolic OH excluding ortho intramolecular Hbond substituents is 1. The number of carbonyl (C=O) groups is 1. The molecule has 0 unspecified atom stereocenters. The number of hydrogen-bond acceptors (Lipinski definition) is 3. The first-order valence-corrected chi connectivity index (χ1v) is 6.87. The Morgan fingerprint density at radius 3 is 2.76 bits per heavy atom. The molecule has 0 radical (unpaired) electrons. The molecule has 2 aromatic rings. The lowest BCUT2D eigenvalue weighted by molar-refractivity contribution is -0.123. The predicted octanol–water partition coefficient (Wildman–Crippen LogP) is 2.44. The van der Waals surface area contributed by atoms with E-state index >= 15 is 0 Å². The van der Waals surface area contributed by atoms with Gasteiger partial charge in [0.2, 0.25) is 0 Å². The predicted molar refractivity (Wildman–Crippen MR) is 81.5 cm³/mol. The van der Waals surface area contributed by atoms with E-state index in [1.165, 1.54) is 0 Å². The molecule has 0 atom stereocenters. The van der Waals surface area contributed by atoms with E-state index in [1.54, 1.807) is 18.2 Å². The maximum absolute atomic E-state index is 11.7. The summed E-state index contributed by atoms with van der Waals surface area (Å²) in [6.07, 6.45) is 0.671. The first kappa shape index (κ1) is 14.9. The standard InChI is InChI=1S/C17H19NO3/c1-13-4-2-7-16(10-13)21-12-17(20)18-9-8-14-5-3-6-15(19)11-14/h2-7,10-11,19H,8-9,12H2,1H3,(H,18,20). The molecule has 0 heterocycles. The molecule has 1 amide bonds. The highest BCUT2D eigenvalue weighted by Crippen LogP contribution is 2.12. The summed E-state index contributed by atoms with van der Waals surface area (Å²) in [5.74, 6) is 0.774. The monoisotopic (exact) mass is 285 g/mol. The fraction of sp³-hybridized carbons (Fsp3) is 0.235. The summed E-state index contributed by atoms with van der Waals surface area (Å²) in [5, 5.41) is 12.1. The molecular formula is C17H19NO3. The zero-order valence-electron chi connectivity index (χ0n) is 12.0. The number of aromatic hydroxyl groups is 1. The number of rotatable bonds is 6. The average molecular weight is 285 g/mol. The second-order valence-corrected chi connectivity index (χ2v) is 4.88. The maximum atomic E-state index is 11.7. The second-order valence-electron chi connectivity index (χ2n) is 4.88. The van der Waals surface area contributed by atoms with Crippen LogP contribution in [-0.4, -0.2) is 24.2 Å². The van der Waals surface area contributed by atoms with Crippen molar-refractivity contribution in [2.24, 2.45) is 0 Å². The zero-order chi connectivity index (χ0) is 15.1. The van der Waals surface area contributed by atoms with Gasteiger partial charge < -0.3 is 15.2 Å². The Morgan fingerprint density at radius 1 is 1.19 bits per heavy atom. The van der Waals surface area contributed by atoms with Crippen LogP contribution >= 0.6 is 0 Å². The topological polar surface area (TPSA) is 58.6 Å². The maximum Gasteiger partial charge on any atom is 0.257 e. The largest absolute Gasteiger partial charge is 0.508 e. The molecule has 4 nitrogen and oxygen atoms in total. The number of aryl methyl sites for hydroxylation is 1. The Morgan fingerprint density at radius 2 is 2.00 bits per heavy atom. The van der Waals surface area contributed by atoms with Crippen molar-refractivity contribution >= 4 is 5.91 Å². The molecule has 2 rings (SSSR count). The number of carbonyl (C=O) groups excluding carboxylic acids is 1. The zero-order valence-corrected chi connectivity index (χ0v) is 12.0. The normalized spacial score (nSPS) is 10.1. The summed E-state index contributed by atoms with van der Waals surface area (Å²) < 4.78 is 5.42. The average Bonchev–Trinajstić information content (AvgIpc) is 2.45. The third-order valence-electron chi connectivity index (χ3n) is 3.01. The molecule has 0 aliphatic rings. The van der Waals surface area contributed by atoms with Gasteiger partial charge >= 0.3 is 0 Å². The van der Waals surface area contributed by atoms with Crippen molar-refractivity contribution in [1.82, 2.24) is 5.32 Å². The fourth-order valence-corrected chi connectivity index (χ4v) is 1.96. The Kier molecular flexibility index (Phi) is 5.21. The molecule has 0 bridgehead atoms. The summed E-state index contributed by atoms with van der Waals surface area (Å²) in [4.78, 5) is 11.7. The fourth-order valence-electron chi connectivity index (χ4n) is 1.96. The van der Waals surface area contributed by atoms with Crippen LogP contribution in [0.3, 0.4) is 0 Å². The highest BCUT2D eigenvalue weighted by Gasteiger charge is 2.03. The van der Waals surface area contributed by atoms with Crippen molar-refractivity contribution in [1.29, 1.82) is 0 Å². The van der Waals surface area contributed by atoms with E-state index in [4.69, 9.17) is 4.74 Å². The van der Waals surface area contributed by atoms with Gasteiger partial charge in [-0.05, 0) is 48.7 Å². The summed E-state index contributed by atoms with van der Waals surface area (Å²) >= 11 is 0. The molecular weight excluding hydrogens is 266 g/mol. The van der Waals surface area contributed by atoms with E-state index in [1.807, 2.05) is 37.3 Å². The molecule has 2 aromatic carbocycles. The van der Waals surface area contributed by atoms with Crippen LogP contribution in [0.5, 0.6) is 11.5 Å². The number of amides is 1. The van der Waals surface area contributed by atoms with Gasteiger partial charge in [-0.1, -0.05) is 24.3 Å². The van der Waals surface area contributed by atoms with Crippen molar-refractivity contribution in [3.05, 3.63) is 59.7 Å². The lowest BCUT2D eigenvalue weighted by Crippen LogP contribution is -2.30. The summed E-state index contributed by atoms with van der Waals surface area (Å²) in [6, 6.07) is 14.6. The van der Waals surface area contributed by atoms with Crippen LogP contribution in [0.15, 0.2) is 48.5 Å². The van der Waals surface area contributed by atoms with Crippen LogP contribution in [0.4, 0.5) is 0 Å². The number of hydrogen-bond donors (Lipinski definition) is 2. The molecule has 0 saturated carbocycles. The van der Waals surface area contributed by atoms with Gasteiger partial charge in [0.25, 0.3) is 5.91 Å². The first-order chi connectivity index (χ1) is 10.1. The minimum atomic E-state index is -0.156. The minimum Gasteiger partial charge on any atom is -0.508 e. The quantitative estimate of drug-likeness (QED) is 0.857. The van der Waals surface area contributed by atoms with Gasteiger partial charge in [-0.25, -0.2) is 0 Å². The van der Waals surface area contributed by atoms with E-state index in [2.05, 4.69) is 5.32 Å². The summed E-state index contributed by atoms with van der Waals surface area (Å²) in [7, 11) is 0. The molecule has 0 aliphatic heterocycles. The third-order valence-corrected chi connectivity index (χ3v) is 3.01. The number of phenols is 1. The molecule has 0 fully saturated rings. The van der Waals surface area contributed by atoms with Crippen LogP contribution in [0, 0.1) is 6.92 Å². The molecule has 110 valence electrons. The van der Waals surface area contributed by atoms with E-state index in [9.17, 15) is 9.90 Å². The molecule has 2 N–H and O–H groups in total. The first-order valence-electron chi connectivity index (χ1n) is 6.87. The molecule has 0 saturated heterocycles. The minimum absolute atomic E-state index is 0.00347. The van der Waals surface area contributed by atoms with E-state index in [0.717, 1.165) is 11.1 Å². The Hall–Kier alpha value is -2.49. The Bertz CT molecular complexity index is 610. The Balaban J connectivity index is 1.70. The smallest absolute Gasteiger partial charge is 0.257 e. The molecule has 21 heavy (non-hydrogen) atoms. The SMILES string of the molecule is Cc1cccc(OCC(=O)NCCc2cccc(O)c2)c1. The Labute approximate surface area is 124 Å². The van der Waals surface area contributed by atoms with Gasteiger partial charge in [-0.15, -0.1) is 0 Å². The van der Waals surface area contributed by atoms with Crippen LogP contribution < -0.4 is 10.1 Å².